The number of benzene rings is 1. The third-order valence-corrected chi connectivity index (χ3v) is 4.80. The van der Waals surface area contributed by atoms with Gasteiger partial charge in [0.15, 0.2) is 5.13 Å². The Labute approximate surface area is 139 Å². The molecule has 0 bridgehead atoms. The Balaban J connectivity index is 1.58. The molecule has 0 saturated heterocycles. The molecule has 0 fully saturated rings. The number of thiazole rings is 1. The third kappa shape index (κ3) is 4.16. The van der Waals surface area contributed by atoms with E-state index in [9.17, 15) is 9.59 Å². The van der Waals surface area contributed by atoms with Crippen LogP contribution in [0.4, 0.5) is 10.8 Å². The predicted octanol–water partition coefficient (Wildman–Crippen LogP) is 3.16. The fraction of sp³-hybridized carbons (Fsp3) is 0.353. The standard InChI is InChI=1S/C17H19N3O2S/c1-11(21)18-13-8-6-12(7-9-13)10-16(22)20-17-19-14-4-2-3-5-15(14)23-17/h6-9H,2-5,10H2,1H3,(H,18,21)(H,19,20,22). The van der Waals surface area contributed by atoms with Crippen LogP contribution in [-0.4, -0.2) is 16.8 Å². The largest absolute Gasteiger partial charge is 0.326 e. The summed E-state index contributed by atoms with van der Waals surface area (Å²) >= 11 is 1.59. The molecule has 2 N–H and O–H groups in total. The molecule has 2 aromatic rings. The molecule has 0 radical (unpaired) electrons. The molecule has 0 unspecified atom stereocenters. The molecule has 23 heavy (non-hydrogen) atoms. The van der Waals surface area contributed by atoms with Crippen LogP contribution in [0, 0.1) is 0 Å². The van der Waals surface area contributed by atoms with Crippen LogP contribution in [0.15, 0.2) is 24.3 Å². The number of nitrogens with one attached hydrogen (secondary N) is 2. The van der Waals surface area contributed by atoms with Gasteiger partial charge in [0.25, 0.3) is 0 Å². The summed E-state index contributed by atoms with van der Waals surface area (Å²) in [6.45, 7) is 1.47. The number of nitrogens with zero attached hydrogens (tertiary/aromatic N) is 1. The number of hydrogen-bond donors (Lipinski definition) is 2. The van der Waals surface area contributed by atoms with E-state index in [1.165, 1.54) is 24.6 Å². The first-order valence-electron chi connectivity index (χ1n) is 7.75. The molecule has 0 saturated carbocycles. The van der Waals surface area contributed by atoms with E-state index in [1.54, 1.807) is 23.5 Å². The topological polar surface area (TPSA) is 71.1 Å². The van der Waals surface area contributed by atoms with Crippen LogP contribution in [0.1, 0.15) is 35.9 Å². The highest BCUT2D eigenvalue weighted by molar-refractivity contribution is 7.15. The number of aromatic nitrogens is 1. The number of carbonyl (C=O) groups excluding carboxylic acids is 2. The van der Waals surface area contributed by atoms with Crippen LogP contribution >= 0.6 is 11.3 Å². The molecule has 0 spiro atoms. The van der Waals surface area contributed by atoms with Gasteiger partial charge in [-0.05, 0) is 43.4 Å². The van der Waals surface area contributed by atoms with Gasteiger partial charge in [0, 0.05) is 17.5 Å². The highest BCUT2D eigenvalue weighted by Crippen LogP contribution is 2.29. The zero-order valence-corrected chi connectivity index (χ0v) is 13.8. The van der Waals surface area contributed by atoms with Gasteiger partial charge >= 0.3 is 0 Å². The summed E-state index contributed by atoms with van der Waals surface area (Å²) in [6, 6.07) is 7.29. The summed E-state index contributed by atoms with van der Waals surface area (Å²) in [5.74, 6) is -0.174. The maximum absolute atomic E-state index is 12.1. The van der Waals surface area contributed by atoms with E-state index in [2.05, 4.69) is 15.6 Å². The Morgan fingerprint density at radius 1 is 1.13 bits per heavy atom. The number of fused-ring (bicyclic) bond motifs is 1. The minimum absolute atomic E-state index is 0.0663. The van der Waals surface area contributed by atoms with E-state index in [4.69, 9.17) is 0 Å². The van der Waals surface area contributed by atoms with Crippen molar-refractivity contribution in [3.63, 3.8) is 0 Å². The first-order valence-corrected chi connectivity index (χ1v) is 8.57. The Hall–Kier alpha value is -2.21. The van der Waals surface area contributed by atoms with Crippen molar-refractivity contribution in [2.24, 2.45) is 0 Å². The zero-order valence-electron chi connectivity index (χ0n) is 13.0. The van der Waals surface area contributed by atoms with Crippen molar-refractivity contribution in [1.82, 2.24) is 4.98 Å². The molecule has 3 rings (SSSR count). The fourth-order valence-corrected chi connectivity index (χ4v) is 3.73. The molecule has 1 aromatic heterocycles. The number of anilines is 2. The van der Waals surface area contributed by atoms with Gasteiger partial charge in [0.1, 0.15) is 0 Å². The molecular weight excluding hydrogens is 310 g/mol. The monoisotopic (exact) mass is 329 g/mol. The summed E-state index contributed by atoms with van der Waals surface area (Å²) in [7, 11) is 0. The van der Waals surface area contributed by atoms with Gasteiger partial charge in [0.2, 0.25) is 11.8 Å². The number of carbonyl (C=O) groups is 2. The molecule has 6 heteroatoms. The molecule has 0 aliphatic heterocycles. The quantitative estimate of drug-likeness (QED) is 0.905. The molecular formula is C17H19N3O2S. The fourth-order valence-electron chi connectivity index (χ4n) is 2.66. The number of aryl methyl sites for hydroxylation is 2. The van der Waals surface area contributed by atoms with E-state index in [1.807, 2.05) is 12.1 Å². The van der Waals surface area contributed by atoms with Gasteiger partial charge in [-0.15, -0.1) is 11.3 Å². The van der Waals surface area contributed by atoms with Crippen LogP contribution in [0.3, 0.4) is 0 Å². The number of rotatable bonds is 4. The molecule has 1 aliphatic rings. The lowest BCUT2D eigenvalue weighted by atomic mass is 10.0. The number of hydrogen-bond acceptors (Lipinski definition) is 4. The van der Waals surface area contributed by atoms with Crippen molar-refractivity contribution in [2.75, 3.05) is 10.6 Å². The Morgan fingerprint density at radius 3 is 2.57 bits per heavy atom. The van der Waals surface area contributed by atoms with Gasteiger partial charge < -0.3 is 10.6 Å². The molecule has 1 aliphatic carbocycles. The summed E-state index contributed by atoms with van der Waals surface area (Å²) < 4.78 is 0. The lowest BCUT2D eigenvalue weighted by molar-refractivity contribution is -0.116. The average Bonchev–Trinajstić information content (AvgIpc) is 2.90. The summed E-state index contributed by atoms with van der Waals surface area (Å²) in [5.41, 5.74) is 2.78. The lowest BCUT2D eigenvalue weighted by Crippen LogP contribution is -2.14. The van der Waals surface area contributed by atoms with Crippen LogP contribution in [0.2, 0.25) is 0 Å². The van der Waals surface area contributed by atoms with Gasteiger partial charge in [-0.25, -0.2) is 4.98 Å². The second kappa shape index (κ2) is 6.91. The molecule has 2 amide bonds. The van der Waals surface area contributed by atoms with E-state index >= 15 is 0 Å². The third-order valence-electron chi connectivity index (χ3n) is 3.73. The van der Waals surface area contributed by atoms with Crippen LogP contribution in [0.25, 0.3) is 0 Å². The first kappa shape index (κ1) is 15.7. The van der Waals surface area contributed by atoms with Crippen LogP contribution in [-0.2, 0) is 28.9 Å². The van der Waals surface area contributed by atoms with Crippen LogP contribution in [0.5, 0.6) is 0 Å². The van der Waals surface area contributed by atoms with Gasteiger partial charge in [-0.1, -0.05) is 12.1 Å². The Kier molecular flexibility index (Phi) is 4.71. The smallest absolute Gasteiger partial charge is 0.230 e. The minimum Gasteiger partial charge on any atom is -0.326 e. The minimum atomic E-state index is -0.108. The maximum Gasteiger partial charge on any atom is 0.230 e. The molecule has 1 heterocycles. The van der Waals surface area contributed by atoms with E-state index in [0.717, 1.165) is 29.8 Å². The highest BCUT2D eigenvalue weighted by Gasteiger charge is 2.16. The average molecular weight is 329 g/mol. The van der Waals surface area contributed by atoms with E-state index in [0.29, 0.717) is 11.6 Å². The molecule has 0 atom stereocenters. The van der Waals surface area contributed by atoms with Crippen molar-refractivity contribution >= 4 is 34.0 Å². The zero-order chi connectivity index (χ0) is 16.2. The molecule has 1 aromatic carbocycles. The van der Waals surface area contributed by atoms with E-state index in [-0.39, 0.29) is 11.8 Å². The van der Waals surface area contributed by atoms with Crippen molar-refractivity contribution in [2.45, 2.75) is 39.0 Å². The first-order chi connectivity index (χ1) is 11.1. The predicted molar refractivity (Wildman–Crippen MR) is 91.8 cm³/mol. The second-order valence-corrected chi connectivity index (χ2v) is 6.78. The maximum atomic E-state index is 12.1. The van der Waals surface area contributed by atoms with Gasteiger partial charge in [-0.3, -0.25) is 9.59 Å². The SMILES string of the molecule is CC(=O)Nc1ccc(CC(=O)Nc2nc3c(s2)CCCC3)cc1. The summed E-state index contributed by atoms with van der Waals surface area (Å²) in [4.78, 5) is 29.0. The Bertz CT molecular complexity index is 698. The van der Waals surface area contributed by atoms with Crippen molar-refractivity contribution in [1.29, 1.82) is 0 Å². The Morgan fingerprint density at radius 2 is 1.87 bits per heavy atom. The van der Waals surface area contributed by atoms with Gasteiger partial charge in [-0.2, -0.15) is 0 Å². The molecule has 5 nitrogen and oxygen atoms in total. The second-order valence-electron chi connectivity index (χ2n) is 5.70. The normalized spacial score (nSPS) is 13.3. The summed E-state index contributed by atoms with van der Waals surface area (Å²) in [5, 5.41) is 6.30. The van der Waals surface area contributed by atoms with Crippen molar-refractivity contribution in [3.05, 3.63) is 40.4 Å². The molecule has 120 valence electrons. The summed E-state index contributed by atoms with van der Waals surface area (Å²) in [6.07, 6.45) is 4.79. The highest BCUT2D eigenvalue weighted by atomic mass is 32.1. The van der Waals surface area contributed by atoms with Crippen LogP contribution < -0.4 is 10.6 Å². The van der Waals surface area contributed by atoms with E-state index < -0.39 is 0 Å². The lowest BCUT2D eigenvalue weighted by Gasteiger charge is -2.06. The van der Waals surface area contributed by atoms with Gasteiger partial charge in [0.05, 0.1) is 12.1 Å². The number of amides is 2. The van der Waals surface area contributed by atoms with Crippen molar-refractivity contribution in [3.8, 4) is 0 Å². The van der Waals surface area contributed by atoms with Crippen molar-refractivity contribution < 1.29 is 9.59 Å².